The van der Waals surface area contributed by atoms with Crippen molar-refractivity contribution in [2.24, 2.45) is 25.9 Å². The Balaban J connectivity index is 0.000000236. The van der Waals surface area contributed by atoms with Gasteiger partial charge in [-0.1, -0.05) is 35.9 Å². The van der Waals surface area contributed by atoms with Crippen molar-refractivity contribution in [2.75, 3.05) is 31.5 Å². The Bertz CT molecular complexity index is 2680. The number of nitrogens with one attached hydrogen (secondary N) is 1. The topological polar surface area (TPSA) is 218 Å². The molecule has 2 aliphatic rings. The lowest BCUT2D eigenvalue weighted by atomic mass is 9.92. The highest BCUT2D eigenvalue weighted by Crippen LogP contribution is 2.42. The van der Waals surface area contributed by atoms with Gasteiger partial charge in [0.15, 0.2) is 27.3 Å². The van der Waals surface area contributed by atoms with Gasteiger partial charge in [0, 0.05) is 76.4 Å². The Morgan fingerprint density at radius 1 is 0.725 bits per heavy atom. The molecule has 0 bridgehead atoms. The van der Waals surface area contributed by atoms with Crippen molar-refractivity contribution < 1.29 is 75.3 Å². The second kappa shape index (κ2) is 22.0. The quantitative estimate of drug-likeness (QED) is 0.0606. The summed E-state index contributed by atoms with van der Waals surface area (Å²) in [7, 11) is -7.40. The number of hydrogen-bond donors (Lipinski definition) is 1. The normalized spacial score (nSPS) is 17.2. The molecule has 7 rings (SSSR count). The number of anilines is 1. The molecule has 0 unspecified atom stereocenters. The standard InChI is InChI=1S/C16H19F4N5O4S.C12H16ClF4N3O2S.C11H9NO3.CH4/c1-15(17,30(27,28)13-9-11(16(18,19)20)22-24(13)2)10-3-6-25(7-4-10)14(26)21-12-5-8-29-23-12;1-11(14,8-3-5-20(13)6-4-8)23(21,22)10-7-9(12(15,16)17)18-19(10)2;13-11(8-9-6-7-14-12-9)15-10-4-2-1-3-5-10;/h5,8-10H,3-4,6-7H2,1-2H3,(H,21,23,26);7-8H,3-6H2,1-2H3;1-7H,8H2;1H4/t15-;11-;;/m11../s1. The highest BCUT2D eigenvalue weighted by atomic mass is 35.5. The van der Waals surface area contributed by atoms with Crippen LogP contribution in [0.5, 0.6) is 5.75 Å². The summed E-state index contributed by atoms with van der Waals surface area (Å²) in [6.45, 7) is 2.45. The van der Waals surface area contributed by atoms with E-state index in [-0.39, 0.29) is 64.4 Å². The maximum atomic E-state index is 15.5. The smallest absolute Gasteiger partial charge is 0.426 e. The van der Waals surface area contributed by atoms with Crippen molar-refractivity contribution in [1.82, 2.24) is 39.2 Å². The molecule has 4 aromatic heterocycles. The molecule has 2 amide bonds. The maximum absolute atomic E-state index is 15.5. The molecule has 29 heteroatoms. The van der Waals surface area contributed by atoms with Crippen LogP contribution in [0.1, 0.15) is 64.0 Å². The van der Waals surface area contributed by atoms with Crippen LogP contribution in [0.15, 0.2) is 86.2 Å². The summed E-state index contributed by atoms with van der Waals surface area (Å²) in [4.78, 5) is 24.9. The van der Waals surface area contributed by atoms with E-state index >= 15 is 8.78 Å². The number of rotatable bonds is 10. The number of esters is 1. The zero-order chi connectivity index (χ0) is 50.5. The second-order valence-corrected chi connectivity index (χ2v) is 20.6. The molecule has 5 aromatic rings. The molecule has 2 aliphatic heterocycles. The first-order valence-corrected chi connectivity index (χ1v) is 23.5. The number of carbonyl (C=O) groups excluding carboxylic acids is 2. The Labute approximate surface area is 395 Å². The molecule has 2 atom stereocenters. The summed E-state index contributed by atoms with van der Waals surface area (Å²) in [6, 6.07) is 12.2. The van der Waals surface area contributed by atoms with E-state index < -0.39 is 81.3 Å². The summed E-state index contributed by atoms with van der Waals surface area (Å²) in [6.07, 6.45) is -6.46. The molecule has 2 fully saturated rings. The number of halogens is 9. The van der Waals surface area contributed by atoms with Gasteiger partial charge in [0.25, 0.3) is 0 Å². The van der Waals surface area contributed by atoms with Crippen LogP contribution in [0.4, 0.5) is 45.7 Å². The average Bonchev–Trinajstić information content (AvgIpc) is 4.11. The van der Waals surface area contributed by atoms with E-state index in [0.29, 0.717) is 46.0 Å². The minimum absolute atomic E-state index is 0. The number of benzene rings is 1. The van der Waals surface area contributed by atoms with Gasteiger partial charge in [0.05, 0.1) is 12.1 Å². The van der Waals surface area contributed by atoms with Crippen LogP contribution in [0.25, 0.3) is 0 Å². The molecule has 382 valence electrons. The number of hydrogen-bond acceptors (Lipinski definition) is 14. The predicted octanol–water partition coefficient (Wildman–Crippen LogP) is 8.05. The number of sulfone groups is 2. The number of alkyl halides is 8. The predicted molar refractivity (Wildman–Crippen MR) is 229 cm³/mol. The van der Waals surface area contributed by atoms with E-state index in [1.807, 2.05) is 6.07 Å². The highest BCUT2D eigenvalue weighted by Gasteiger charge is 2.52. The lowest BCUT2D eigenvalue weighted by Crippen LogP contribution is -2.48. The van der Waals surface area contributed by atoms with Gasteiger partial charge in [0.2, 0.25) is 29.7 Å². The van der Waals surface area contributed by atoms with Gasteiger partial charge in [-0.15, -0.1) is 0 Å². The van der Waals surface area contributed by atoms with Crippen LogP contribution in [0.2, 0.25) is 0 Å². The fraction of sp³-hybridized carbons (Fsp3) is 0.500. The molecule has 69 heavy (non-hydrogen) atoms. The third-order valence-corrected chi connectivity index (χ3v) is 16.0. The summed E-state index contributed by atoms with van der Waals surface area (Å²) in [5.74, 6) is -1.51. The lowest BCUT2D eigenvalue weighted by Gasteiger charge is -2.37. The minimum Gasteiger partial charge on any atom is -0.426 e. The Morgan fingerprint density at radius 3 is 1.58 bits per heavy atom. The largest absolute Gasteiger partial charge is 0.435 e. The number of urea groups is 1. The van der Waals surface area contributed by atoms with Gasteiger partial charge in [-0.05, 0) is 63.4 Å². The number of piperidine rings is 2. The monoisotopic (exact) mass is 1050 g/mol. The Kier molecular flexibility index (Phi) is 17.8. The first-order valence-electron chi connectivity index (χ1n) is 20.2. The maximum Gasteiger partial charge on any atom is 0.435 e. The zero-order valence-corrected chi connectivity index (χ0v) is 38.7. The van der Waals surface area contributed by atoms with Gasteiger partial charge in [-0.25, -0.2) is 34.8 Å². The second-order valence-electron chi connectivity index (χ2n) is 15.7. The van der Waals surface area contributed by atoms with Crippen LogP contribution in [0, 0.1) is 11.8 Å². The van der Waals surface area contributed by atoms with Crippen molar-refractivity contribution >= 4 is 49.3 Å². The van der Waals surface area contributed by atoms with E-state index in [2.05, 4.69) is 34.9 Å². The zero-order valence-electron chi connectivity index (χ0n) is 36.3. The first kappa shape index (κ1) is 56.0. The van der Waals surface area contributed by atoms with Crippen LogP contribution in [0.3, 0.4) is 0 Å². The van der Waals surface area contributed by atoms with Crippen molar-refractivity contribution in [1.29, 1.82) is 0 Å². The number of amides is 2. The van der Waals surface area contributed by atoms with Crippen molar-refractivity contribution in [3.8, 4) is 5.75 Å². The van der Waals surface area contributed by atoms with Crippen molar-refractivity contribution in [3.63, 3.8) is 0 Å². The first-order chi connectivity index (χ1) is 31.5. The molecule has 0 radical (unpaired) electrons. The van der Waals surface area contributed by atoms with Crippen LogP contribution in [-0.2, 0) is 57.3 Å². The molecule has 0 saturated carbocycles. The van der Waals surface area contributed by atoms with E-state index in [0.717, 1.165) is 27.9 Å². The highest BCUT2D eigenvalue weighted by molar-refractivity contribution is 7.92. The SMILES string of the molecule is C.Cn1nc(C(F)(F)F)cc1S(=O)(=O)[C@@](C)(F)C1CCN(C(=O)Nc2ccon2)CC1.Cn1nc(C(F)(F)F)cc1S(=O)(=O)[C@@](C)(F)C1CCN(Cl)CC1.O=C(Cc1ccon1)Oc1ccccc1. The molecule has 2 saturated heterocycles. The number of aryl methyl sites for hydroxylation is 2. The van der Waals surface area contributed by atoms with Gasteiger partial charge in [-0.2, -0.15) is 36.5 Å². The van der Waals surface area contributed by atoms with Crippen molar-refractivity contribution in [2.45, 2.75) is 85.8 Å². The number of para-hydroxylation sites is 1. The number of nitrogens with zero attached hydrogens (tertiary/aromatic N) is 8. The molecule has 0 spiro atoms. The van der Waals surface area contributed by atoms with Crippen LogP contribution >= 0.6 is 11.8 Å². The average molecular weight is 1050 g/mol. The summed E-state index contributed by atoms with van der Waals surface area (Å²) < 4.78 is 175. The van der Waals surface area contributed by atoms with Gasteiger partial charge in [0.1, 0.15) is 18.3 Å². The van der Waals surface area contributed by atoms with Gasteiger partial charge < -0.3 is 18.7 Å². The van der Waals surface area contributed by atoms with Crippen LogP contribution in [-0.4, -0.2) is 104 Å². The van der Waals surface area contributed by atoms with Crippen molar-refractivity contribution in [3.05, 3.63) is 84.2 Å². The van der Waals surface area contributed by atoms with E-state index in [1.165, 1.54) is 27.9 Å². The van der Waals surface area contributed by atoms with Gasteiger partial charge >= 0.3 is 24.4 Å². The minimum atomic E-state index is -4.86. The molecular formula is C40H48ClF8N9O9S2. The summed E-state index contributed by atoms with van der Waals surface area (Å²) >= 11 is 5.76. The fourth-order valence-corrected chi connectivity index (χ4v) is 10.8. The van der Waals surface area contributed by atoms with Gasteiger partial charge in [-0.3, -0.25) is 19.5 Å². The van der Waals surface area contributed by atoms with E-state index in [9.17, 15) is 52.8 Å². The number of carbonyl (C=O) groups is 2. The number of ether oxygens (including phenoxy) is 1. The lowest BCUT2D eigenvalue weighted by molar-refractivity contribution is -0.142. The molecule has 1 aromatic carbocycles. The number of likely N-dealkylation sites (tertiary alicyclic amines) is 1. The molecule has 18 nitrogen and oxygen atoms in total. The number of aromatic nitrogens is 6. The van der Waals surface area contributed by atoms with E-state index in [1.54, 1.807) is 30.3 Å². The summed E-state index contributed by atoms with van der Waals surface area (Å²) in [5, 5.41) is 8.72. The third kappa shape index (κ3) is 13.4. The fourth-order valence-electron chi connectivity index (χ4n) is 7.09. The van der Waals surface area contributed by atoms with E-state index in [4.69, 9.17) is 16.5 Å². The Hall–Kier alpha value is -5.61. The molecule has 0 aliphatic carbocycles. The Morgan fingerprint density at radius 2 is 1.17 bits per heavy atom. The molecule has 1 N–H and O–H groups in total. The third-order valence-electron chi connectivity index (χ3n) is 11.0. The molecule has 6 heterocycles. The summed E-state index contributed by atoms with van der Waals surface area (Å²) in [5.41, 5.74) is -2.22. The molecular weight excluding hydrogens is 1000 g/mol. The van der Waals surface area contributed by atoms with Crippen LogP contribution < -0.4 is 10.1 Å².